The van der Waals surface area contributed by atoms with Crippen LogP contribution in [0.4, 0.5) is 0 Å². The first-order chi connectivity index (χ1) is 9.60. The molecule has 0 radical (unpaired) electrons. The Morgan fingerprint density at radius 3 is 2.85 bits per heavy atom. The molecule has 1 aromatic heterocycles. The van der Waals surface area contributed by atoms with Gasteiger partial charge >= 0.3 is 0 Å². The van der Waals surface area contributed by atoms with Gasteiger partial charge in [-0.3, -0.25) is 9.59 Å². The molecule has 1 aromatic carbocycles. The number of benzene rings is 1. The second-order valence-corrected chi connectivity index (χ2v) is 5.09. The number of rotatable bonds is 5. The van der Waals surface area contributed by atoms with Crippen LogP contribution in [0.5, 0.6) is 0 Å². The maximum Gasteiger partial charge on any atom is 0.251 e. The van der Waals surface area contributed by atoms with Crippen molar-refractivity contribution in [1.82, 2.24) is 10.3 Å². The van der Waals surface area contributed by atoms with Gasteiger partial charge in [-0.1, -0.05) is 25.1 Å². The summed E-state index contributed by atoms with van der Waals surface area (Å²) in [4.78, 5) is 26.5. The van der Waals surface area contributed by atoms with Crippen molar-refractivity contribution in [3.8, 4) is 0 Å². The molecule has 0 bridgehead atoms. The maximum absolute atomic E-state index is 11.9. The molecule has 1 atom stereocenters. The summed E-state index contributed by atoms with van der Waals surface area (Å²) in [5.41, 5.74) is 1.37. The smallest absolute Gasteiger partial charge is 0.251 e. The number of aromatic nitrogens is 1. The van der Waals surface area contributed by atoms with Gasteiger partial charge in [0.2, 0.25) is 5.91 Å². The first-order valence-electron chi connectivity index (χ1n) is 7.00. The number of H-pyrrole nitrogens is 1. The minimum Gasteiger partial charge on any atom is -0.354 e. The summed E-state index contributed by atoms with van der Waals surface area (Å²) in [6.45, 7) is 4.00. The number of pyridine rings is 1. The predicted octanol–water partition coefficient (Wildman–Crippen LogP) is 2.38. The zero-order valence-electron chi connectivity index (χ0n) is 11.9. The van der Waals surface area contributed by atoms with E-state index in [0.717, 1.165) is 17.3 Å². The van der Waals surface area contributed by atoms with Gasteiger partial charge in [0, 0.05) is 23.5 Å². The van der Waals surface area contributed by atoms with E-state index >= 15 is 0 Å². The Hall–Kier alpha value is -2.10. The number of aryl methyl sites for hydroxylation is 1. The zero-order chi connectivity index (χ0) is 14.5. The number of carbonyl (C=O) groups excluding carboxylic acids is 1. The molecule has 2 aromatic rings. The second kappa shape index (κ2) is 6.37. The Morgan fingerprint density at radius 1 is 1.35 bits per heavy atom. The Bertz CT molecular complexity index is 661. The van der Waals surface area contributed by atoms with Crippen molar-refractivity contribution in [3.05, 3.63) is 46.2 Å². The number of amides is 1. The number of nitrogens with one attached hydrogen (secondary N) is 2. The molecule has 4 nitrogen and oxygen atoms in total. The van der Waals surface area contributed by atoms with Gasteiger partial charge in [-0.15, -0.1) is 0 Å². The summed E-state index contributed by atoms with van der Waals surface area (Å²) in [6, 6.07) is 9.68. The van der Waals surface area contributed by atoms with Crippen LogP contribution < -0.4 is 10.9 Å². The third-order valence-electron chi connectivity index (χ3n) is 3.47. The highest BCUT2D eigenvalue weighted by Crippen LogP contribution is 2.11. The molecule has 4 heteroatoms. The quantitative estimate of drug-likeness (QED) is 0.877. The van der Waals surface area contributed by atoms with Crippen LogP contribution in [0.15, 0.2) is 35.1 Å². The molecule has 0 aliphatic carbocycles. The van der Waals surface area contributed by atoms with Crippen LogP contribution in [0, 0.1) is 0 Å². The van der Waals surface area contributed by atoms with Gasteiger partial charge in [0.1, 0.15) is 0 Å². The molecule has 106 valence electrons. The topological polar surface area (TPSA) is 62.0 Å². The van der Waals surface area contributed by atoms with E-state index in [0.29, 0.717) is 18.4 Å². The molecule has 2 N–H and O–H groups in total. The highest BCUT2D eigenvalue weighted by molar-refractivity contribution is 5.79. The van der Waals surface area contributed by atoms with E-state index in [4.69, 9.17) is 0 Å². The van der Waals surface area contributed by atoms with E-state index in [2.05, 4.69) is 10.3 Å². The van der Waals surface area contributed by atoms with Crippen molar-refractivity contribution >= 4 is 16.8 Å². The lowest BCUT2D eigenvalue weighted by molar-refractivity contribution is -0.121. The molecule has 0 spiro atoms. The van der Waals surface area contributed by atoms with E-state index in [1.54, 1.807) is 0 Å². The average Bonchev–Trinajstić information content (AvgIpc) is 2.44. The van der Waals surface area contributed by atoms with Crippen molar-refractivity contribution < 1.29 is 4.79 Å². The fourth-order valence-electron chi connectivity index (χ4n) is 2.08. The van der Waals surface area contributed by atoms with Crippen LogP contribution >= 0.6 is 0 Å². The van der Waals surface area contributed by atoms with Gasteiger partial charge in [-0.05, 0) is 37.3 Å². The number of fused-ring (bicyclic) bond motifs is 1. The van der Waals surface area contributed by atoms with Crippen molar-refractivity contribution in [2.75, 3.05) is 0 Å². The predicted molar refractivity (Wildman–Crippen MR) is 80.8 cm³/mol. The highest BCUT2D eigenvalue weighted by Gasteiger charge is 2.08. The van der Waals surface area contributed by atoms with Crippen molar-refractivity contribution in [3.63, 3.8) is 0 Å². The normalized spacial score (nSPS) is 12.3. The molecule has 0 saturated heterocycles. The Labute approximate surface area is 118 Å². The number of hydrogen-bond donors (Lipinski definition) is 2. The lowest BCUT2D eigenvalue weighted by atomic mass is 10.1. The number of hydrogen-bond acceptors (Lipinski definition) is 2. The van der Waals surface area contributed by atoms with Crippen LogP contribution in [-0.2, 0) is 11.2 Å². The molecule has 2 rings (SSSR count). The summed E-state index contributed by atoms with van der Waals surface area (Å²) in [7, 11) is 0. The summed E-state index contributed by atoms with van der Waals surface area (Å²) >= 11 is 0. The van der Waals surface area contributed by atoms with E-state index in [9.17, 15) is 9.59 Å². The van der Waals surface area contributed by atoms with Crippen LogP contribution in [0.1, 0.15) is 32.3 Å². The number of aromatic amines is 1. The Morgan fingerprint density at radius 2 is 2.10 bits per heavy atom. The standard InChI is InChI=1S/C16H20N2O2/c1-3-11(2)17-15(19)9-8-13-10-12-6-4-5-7-14(12)18-16(13)20/h4-7,10-11H,3,8-9H2,1-2H3,(H,17,19)(H,18,20)/t11-/m1/s1. The molecule has 1 heterocycles. The van der Waals surface area contributed by atoms with Gasteiger partial charge in [0.05, 0.1) is 0 Å². The molecular formula is C16H20N2O2. The van der Waals surface area contributed by atoms with Gasteiger partial charge in [0.25, 0.3) is 5.56 Å². The minimum atomic E-state index is -0.111. The van der Waals surface area contributed by atoms with Gasteiger partial charge in [-0.2, -0.15) is 0 Å². The van der Waals surface area contributed by atoms with Crippen LogP contribution in [0.2, 0.25) is 0 Å². The van der Waals surface area contributed by atoms with E-state index in [-0.39, 0.29) is 17.5 Å². The summed E-state index contributed by atoms with van der Waals surface area (Å²) < 4.78 is 0. The lowest BCUT2D eigenvalue weighted by Gasteiger charge is -2.11. The summed E-state index contributed by atoms with van der Waals surface area (Å²) in [6.07, 6.45) is 1.70. The Kier molecular flexibility index (Phi) is 4.56. The van der Waals surface area contributed by atoms with Crippen molar-refractivity contribution in [2.24, 2.45) is 0 Å². The first kappa shape index (κ1) is 14.3. The number of carbonyl (C=O) groups is 1. The van der Waals surface area contributed by atoms with Crippen LogP contribution in [0.25, 0.3) is 10.9 Å². The fraction of sp³-hybridized carbons (Fsp3) is 0.375. The molecule has 0 unspecified atom stereocenters. The van der Waals surface area contributed by atoms with E-state index in [1.807, 2.05) is 44.2 Å². The monoisotopic (exact) mass is 272 g/mol. The van der Waals surface area contributed by atoms with Gasteiger partial charge < -0.3 is 10.3 Å². The molecule has 1 amide bonds. The second-order valence-electron chi connectivity index (χ2n) is 5.09. The largest absolute Gasteiger partial charge is 0.354 e. The molecular weight excluding hydrogens is 252 g/mol. The third kappa shape index (κ3) is 3.47. The lowest BCUT2D eigenvalue weighted by Crippen LogP contribution is -2.32. The van der Waals surface area contributed by atoms with Crippen LogP contribution in [-0.4, -0.2) is 16.9 Å². The summed E-state index contributed by atoms with van der Waals surface area (Å²) in [5, 5.41) is 3.90. The molecule has 20 heavy (non-hydrogen) atoms. The molecule has 0 aliphatic heterocycles. The molecule has 0 fully saturated rings. The Balaban J connectivity index is 2.08. The highest BCUT2D eigenvalue weighted by atomic mass is 16.1. The average molecular weight is 272 g/mol. The number of para-hydroxylation sites is 1. The van der Waals surface area contributed by atoms with Crippen LogP contribution in [0.3, 0.4) is 0 Å². The van der Waals surface area contributed by atoms with E-state index in [1.165, 1.54) is 0 Å². The molecule has 0 saturated carbocycles. The molecule has 0 aliphatic rings. The third-order valence-corrected chi connectivity index (χ3v) is 3.47. The fourth-order valence-corrected chi connectivity index (χ4v) is 2.08. The van der Waals surface area contributed by atoms with Gasteiger partial charge in [-0.25, -0.2) is 0 Å². The first-order valence-corrected chi connectivity index (χ1v) is 7.00. The van der Waals surface area contributed by atoms with Crippen molar-refractivity contribution in [1.29, 1.82) is 0 Å². The van der Waals surface area contributed by atoms with Crippen molar-refractivity contribution in [2.45, 2.75) is 39.2 Å². The zero-order valence-corrected chi connectivity index (χ0v) is 11.9. The summed E-state index contributed by atoms with van der Waals surface area (Å²) in [5.74, 6) is -0.00749. The minimum absolute atomic E-state index is 0.00749. The van der Waals surface area contributed by atoms with Gasteiger partial charge in [0.15, 0.2) is 0 Å². The van der Waals surface area contributed by atoms with E-state index < -0.39 is 0 Å². The SMILES string of the molecule is CC[C@@H](C)NC(=O)CCc1cc2ccccc2[nH]c1=O. The maximum atomic E-state index is 11.9.